The summed E-state index contributed by atoms with van der Waals surface area (Å²) >= 11 is 0. The minimum Gasteiger partial charge on any atom is -0.504 e. The maximum atomic E-state index is 15.1. The Labute approximate surface area is 293 Å². The molecule has 0 aliphatic rings. The Hall–Kier alpha value is -6.53. The maximum Gasteiger partial charge on any atom is 0.311 e. The van der Waals surface area contributed by atoms with E-state index in [-0.39, 0.29) is 24.3 Å². The Bertz CT molecular complexity index is 1940. The number of hydrogen-bond donors (Lipinski definition) is 6. The molecule has 12 nitrogen and oxygen atoms in total. The number of nitro groups is 1. The van der Waals surface area contributed by atoms with Crippen LogP contribution >= 0.6 is 0 Å². The van der Waals surface area contributed by atoms with Crippen LogP contribution in [0.5, 0.6) is 17.2 Å². The zero-order valence-corrected chi connectivity index (χ0v) is 27.6. The van der Waals surface area contributed by atoms with Crippen molar-refractivity contribution in [1.82, 2.24) is 16.0 Å². The van der Waals surface area contributed by atoms with Gasteiger partial charge in [0, 0.05) is 31.6 Å². The molecule has 5 aromatic carbocycles. The van der Waals surface area contributed by atoms with Crippen LogP contribution in [0.2, 0.25) is 0 Å². The predicted molar refractivity (Wildman–Crippen MR) is 189 cm³/mol. The van der Waals surface area contributed by atoms with Crippen molar-refractivity contribution in [3.05, 3.63) is 165 Å². The van der Waals surface area contributed by atoms with Gasteiger partial charge in [0.2, 0.25) is 11.8 Å². The fraction of sp³-hybridized carbons (Fsp3) is 0.154. The average molecular weight is 689 g/mol. The van der Waals surface area contributed by atoms with Gasteiger partial charge < -0.3 is 26.0 Å². The molecule has 1 atom stereocenters. The number of nitrogens with zero attached hydrogens (tertiary/aromatic N) is 1. The number of amides is 2. The number of aromatic hydroxyl groups is 3. The van der Waals surface area contributed by atoms with Crippen LogP contribution < -0.4 is 16.0 Å². The summed E-state index contributed by atoms with van der Waals surface area (Å²) in [6.45, 7) is -0.214. The summed E-state index contributed by atoms with van der Waals surface area (Å²) < 4.78 is 0. The number of rotatable bonds is 14. The van der Waals surface area contributed by atoms with E-state index in [0.717, 1.165) is 12.1 Å². The first-order chi connectivity index (χ1) is 24.5. The standard InChI is InChI=1S/C39H36N4O8/c1-40-35(47)21-22-38(36(48)27-18-20-32(44)31(24-27)43(50)51,37(49)41-25-26-17-19-33(45)34(46)23-26)42-39(28-11-5-2-6-12-28,29-13-7-3-8-14-29)30-15-9-4-10-16-30/h2-20,23-24,42,44-46H,21-22,25H2,1H3,(H,40,47)(H,41,49)/t38-/m1/s1. The van der Waals surface area contributed by atoms with Gasteiger partial charge in [0.1, 0.15) is 0 Å². The van der Waals surface area contributed by atoms with Crippen molar-refractivity contribution >= 4 is 23.3 Å². The highest BCUT2D eigenvalue weighted by Crippen LogP contribution is 2.41. The summed E-state index contributed by atoms with van der Waals surface area (Å²) in [5.41, 5.74) is -2.51. The minimum absolute atomic E-state index is 0.214. The molecule has 0 bridgehead atoms. The summed E-state index contributed by atoms with van der Waals surface area (Å²) in [6, 6.07) is 34.4. The van der Waals surface area contributed by atoms with E-state index >= 15 is 4.79 Å². The number of nitro benzene ring substituents is 1. The van der Waals surface area contributed by atoms with Crippen molar-refractivity contribution in [2.24, 2.45) is 0 Å². The van der Waals surface area contributed by atoms with Crippen LogP contribution in [0.15, 0.2) is 127 Å². The lowest BCUT2D eigenvalue weighted by atomic mass is 9.72. The van der Waals surface area contributed by atoms with Gasteiger partial charge in [0.25, 0.3) is 0 Å². The molecule has 51 heavy (non-hydrogen) atoms. The molecule has 260 valence electrons. The van der Waals surface area contributed by atoms with Gasteiger partial charge in [-0.3, -0.25) is 29.8 Å². The zero-order valence-electron chi connectivity index (χ0n) is 27.6. The van der Waals surface area contributed by atoms with Gasteiger partial charge in [-0.15, -0.1) is 0 Å². The molecule has 0 aliphatic heterocycles. The van der Waals surface area contributed by atoms with Crippen LogP contribution in [-0.2, 0) is 21.7 Å². The quantitative estimate of drug-likeness (QED) is 0.0231. The number of nitrogens with one attached hydrogen (secondary N) is 3. The third-order valence-corrected chi connectivity index (χ3v) is 8.73. The van der Waals surface area contributed by atoms with E-state index in [0.29, 0.717) is 22.3 Å². The number of benzene rings is 5. The van der Waals surface area contributed by atoms with Crippen LogP contribution in [0.25, 0.3) is 0 Å². The first-order valence-corrected chi connectivity index (χ1v) is 16.0. The number of carbonyl (C=O) groups excluding carboxylic acids is 3. The van der Waals surface area contributed by atoms with Gasteiger partial charge in [0.15, 0.2) is 28.6 Å². The SMILES string of the molecule is CNC(=O)CC[C@](NC(c1ccccc1)(c1ccccc1)c1ccccc1)(C(=O)NCc1ccc(O)c(O)c1)C(=O)c1ccc(O)c([N+](=O)[O-])c1. The monoisotopic (exact) mass is 688 g/mol. The van der Waals surface area contributed by atoms with Crippen molar-refractivity contribution in [1.29, 1.82) is 0 Å². The fourth-order valence-corrected chi connectivity index (χ4v) is 6.10. The molecule has 5 rings (SSSR count). The molecule has 12 heteroatoms. The average Bonchev–Trinajstić information content (AvgIpc) is 3.16. The van der Waals surface area contributed by atoms with Gasteiger partial charge >= 0.3 is 5.69 Å². The molecule has 0 unspecified atom stereocenters. The summed E-state index contributed by atoms with van der Waals surface area (Å²) in [5, 5.41) is 50.8. The summed E-state index contributed by atoms with van der Waals surface area (Å²) in [6.07, 6.45) is -0.738. The second kappa shape index (κ2) is 15.3. The maximum absolute atomic E-state index is 15.1. The number of phenolic OH excluding ortho intramolecular Hbond substituents is 3. The molecule has 0 aromatic heterocycles. The van der Waals surface area contributed by atoms with Crippen molar-refractivity contribution < 1.29 is 34.6 Å². The van der Waals surface area contributed by atoms with Crippen LogP contribution in [0, 0.1) is 10.1 Å². The van der Waals surface area contributed by atoms with E-state index < -0.39 is 57.2 Å². The number of phenols is 3. The second-order valence-electron chi connectivity index (χ2n) is 11.8. The first kappa shape index (κ1) is 35.8. The topological polar surface area (TPSA) is 191 Å². The van der Waals surface area contributed by atoms with Gasteiger partial charge in [-0.1, -0.05) is 97.1 Å². The molecule has 0 saturated carbocycles. The Balaban J connectivity index is 1.81. The van der Waals surface area contributed by atoms with Crippen molar-refractivity contribution in [3.63, 3.8) is 0 Å². The molecular formula is C39H36N4O8. The van der Waals surface area contributed by atoms with E-state index in [1.807, 2.05) is 91.0 Å². The lowest BCUT2D eigenvalue weighted by molar-refractivity contribution is -0.385. The van der Waals surface area contributed by atoms with E-state index in [9.17, 15) is 35.0 Å². The smallest absolute Gasteiger partial charge is 0.311 e. The van der Waals surface area contributed by atoms with Crippen LogP contribution in [0.1, 0.15) is 45.5 Å². The van der Waals surface area contributed by atoms with Crippen molar-refractivity contribution in [2.75, 3.05) is 7.05 Å². The summed E-state index contributed by atoms with van der Waals surface area (Å²) in [7, 11) is 1.42. The molecule has 2 amide bonds. The van der Waals surface area contributed by atoms with Gasteiger partial charge in [0.05, 0.1) is 10.5 Å². The van der Waals surface area contributed by atoms with E-state index in [4.69, 9.17) is 0 Å². The molecule has 0 fully saturated rings. The molecule has 0 aliphatic carbocycles. The minimum atomic E-state index is -2.32. The predicted octanol–water partition coefficient (Wildman–Crippen LogP) is 5.06. The number of ketones is 1. The number of Topliss-reactive ketones (excluding diaryl/α,β-unsaturated/α-hetero) is 1. The third-order valence-electron chi connectivity index (χ3n) is 8.73. The molecule has 6 N–H and O–H groups in total. The van der Waals surface area contributed by atoms with Crippen LogP contribution in [0.3, 0.4) is 0 Å². The van der Waals surface area contributed by atoms with E-state index in [2.05, 4.69) is 16.0 Å². The number of carbonyl (C=O) groups is 3. The summed E-state index contributed by atoms with van der Waals surface area (Å²) in [4.78, 5) is 54.0. The largest absolute Gasteiger partial charge is 0.504 e. The lowest BCUT2D eigenvalue weighted by Crippen LogP contribution is -2.68. The van der Waals surface area contributed by atoms with Gasteiger partial charge in [-0.05, 0) is 52.9 Å². The molecule has 0 spiro atoms. The number of hydrogen-bond acceptors (Lipinski definition) is 9. The van der Waals surface area contributed by atoms with Crippen LogP contribution in [0.4, 0.5) is 5.69 Å². The second-order valence-corrected chi connectivity index (χ2v) is 11.8. The zero-order chi connectivity index (χ0) is 36.6. The normalized spacial score (nSPS) is 12.3. The Morgan fingerprint density at radius 3 is 1.73 bits per heavy atom. The molecular weight excluding hydrogens is 652 g/mol. The fourth-order valence-electron chi connectivity index (χ4n) is 6.10. The van der Waals surface area contributed by atoms with Crippen molar-refractivity contribution in [3.8, 4) is 17.2 Å². The van der Waals surface area contributed by atoms with Gasteiger partial charge in [-0.2, -0.15) is 0 Å². The Morgan fingerprint density at radius 1 is 0.706 bits per heavy atom. The first-order valence-electron chi connectivity index (χ1n) is 16.0. The Kier molecular flexibility index (Phi) is 10.8. The van der Waals surface area contributed by atoms with E-state index in [1.165, 1.54) is 31.3 Å². The third kappa shape index (κ3) is 7.41. The lowest BCUT2D eigenvalue weighted by Gasteiger charge is -2.45. The molecule has 0 radical (unpaired) electrons. The highest BCUT2D eigenvalue weighted by Gasteiger charge is 2.53. The Morgan fingerprint density at radius 2 is 1.24 bits per heavy atom. The van der Waals surface area contributed by atoms with Gasteiger partial charge in [-0.25, -0.2) is 0 Å². The highest BCUT2D eigenvalue weighted by molar-refractivity contribution is 6.18. The van der Waals surface area contributed by atoms with E-state index in [1.54, 1.807) is 0 Å². The van der Waals surface area contributed by atoms with Crippen molar-refractivity contribution in [2.45, 2.75) is 30.5 Å². The van der Waals surface area contributed by atoms with Crippen LogP contribution in [-0.4, -0.2) is 50.4 Å². The summed E-state index contributed by atoms with van der Waals surface area (Å²) in [5.74, 6) is -3.74. The molecule has 5 aromatic rings. The molecule has 0 saturated heterocycles. The highest BCUT2D eigenvalue weighted by atomic mass is 16.6. The molecule has 0 heterocycles.